The quantitative estimate of drug-likeness (QED) is 0.744. The molecule has 1 atom stereocenters. The van der Waals surface area contributed by atoms with Gasteiger partial charge in [-0.1, -0.05) is 0 Å². The third kappa shape index (κ3) is 8.04. The van der Waals surface area contributed by atoms with Crippen molar-refractivity contribution in [1.29, 1.82) is 0 Å². The largest absolute Gasteiger partial charge is 0.467 e. The summed E-state index contributed by atoms with van der Waals surface area (Å²) in [5, 5.41) is 2.41. The number of methoxy groups -OCH3 is 1. The SMILES string of the molecule is COC(=O)[C@@H](CCC(=O)OC(C)(C)C)NC(=O)Cc1cc(F)cc(F)c1. The van der Waals surface area contributed by atoms with Crippen LogP contribution in [0.4, 0.5) is 8.78 Å². The zero-order chi connectivity index (χ0) is 19.9. The van der Waals surface area contributed by atoms with Crippen molar-refractivity contribution in [2.75, 3.05) is 7.11 Å². The van der Waals surface area contributed by atoms with Gasteiger partial charge < -0.3 is 14.8 Å². The number of nitrogens with one attached hydrogen (secondary N) is 1. The van der Waals surface area contributed by atoms with E-state index in [2.05, 4.69) is 10.1 Å². The highest BCUT2D eigenvalue weighted by Crippen LogP contribution is 2.12. The number of hydrogen-bond acceptors (Lipinski definition) is 5. The minimum absolute atomic E-state index is 0.0230. The number of benzene rings is 1. The predicted molar refractivity (Wildman–Crippen MR) is 89.1 cm³/mol. The molecule has 0 heterocycles. The molecular weight excluding hydrogens is 348 g/mol. The van der Waals surface area contributed by atoms with Gasteiger partial charge in [-0.2, -0.15) is 0 Å². The van der Waals surface area contributed by atoms with Gasteiger partial charge in [-0.3, -0.25) is 9.59 Å². The maximum atomic E-state index is 13.2. The number of esters is 2. The first-order valence-electron chi connectivity index (χ1n) is 8.04. The van der Waals surface area contributed by atoms with Crippen molar-refractivity contribution in [3.63, 3.8) is 0 Å². The van der Waals surface area contributed by atoms with Crippen LogP contribution in [0.5, 0.6) is 0 Å². The Morgan fingerprint density at radius 1 is 1.12 bits per heavy atom. The van der Waals surface area contributed by atoms with Crippen molar-refractivity contribution in [3.8, 4) is 0 Å². The van der Waals surface area contributed by atoms with E-state index in [4.69, 9.17) is 4.74 Å². The molecule has 1 N–H and O–H groups in total. The van der Waals surface area contributed by atoms with Crippen molar-refractivity contribution in [3.05, 3.63) is 35.4 Å². The zero-order valence-corrected chi connectivity index (χ0v) is 15.2. The average Bonchev–Trinajstić information content (AvgIpc) is 2.47. The summed E-state index contributed by atoms with van der Waals surface area (Å²) < 4.78 is 36.1. The Morgan fingerprint density at radius 2 is 1.69 bits per heavy atom. The number of carbonyl (C=O) groups is 3. The first-order valence-corrected chi connectivity index (χ1v) is 8.04. The second-order valence-electron chi connectivity index (χ2n) is 6.72. The molecule has 0 saturated carbocycles. The Labute approximate surface area is 150 Å². The van der Waals surface area contributed by atoms with Crippen molar-refractivity contribution in [1.82, 2.24) is 5.32 Å². The van der Waals surface area contributed by atoms with E-state index < -0.39 is 41.1 Å². The maximum Gasteiger partial charge on any atom is 0.328 e. The second kappa shape index (κ2) is 9.26. The van der Waals surface area contributed by atoms with Crippen LogP contribution in [0.25, 0.3) is 0 Å². The third-order valence-electron chi connectivity index (χ3n) is 3.17. The van der Waals surface area contributed by atoms with Crippen LogP contribution in [0.15, 0.2) is 18.2 Å². The van der Waals surface area contributed by atoms with E-state index in [0.717, 1.165) is 19.2 Å². The fourth-order valence-electron chi connectivity index (χ4n) is 2.19. The normalized spacial score (nSPS) is 12.2. The monoisotopic (exact) mass is 371 g/mol. The topological polar surface area (TPSA) is 81.7 Å². The standard InChI is InChI=1S/C18H23F2NO5/c1-18(2,3)26-16(23)6-5-14(17(24)25-4)21-15(22)9-11-7-12(19)10-13(20)8-11/h7-8,10,14H,5-6,9H2,1-4H3,(H,21,22)/t14-/m1/s1. The molecule has 0 radical (unpaired) electrons. The lowest BCUT2D eigenvalue weighted by Crippen LogP contribution is -2.42. The van der Waals surface area contributed by atoms with E-state index >= 15 is 0 Å². The van der Waals surface area contributed by atoms with E-state index in [1.54, 1.807) is 20.8 Å². The Hall–Kier alpha value is -2.51. The van der Waals surface area contributed by atoms with Gasteiger partial charge in [-0.15, -0.1) is 0 Å². The molecule has 8 heteroatoms. The summed E-state index contributed by atoms with van der Waals surface area (Å²) in [6.45, 7) is 5.13. The van der Waals surface area contributed by atoms with Gasteiger partial charge in [0, 0.05) is 12.5 Å². The van der Waals surface area contributed by atoms with Crippen LogP contribution in [0.2, 0.25) is 0 Å². The minimum atomic E-state index is -1.07. The molecule has 1 aromatic carbocycles. The summed E-state index contributed by atoms with van der Waals surface area (Å²) in [4.78, 5) is 35.6. The summed E-state index contributed by atoms with van der Waals surface area (Å²) in [6.07, 6.45) is -0.453. The molecule has 0 unspecified atom stereocenters. The number of hydrogen-bond donors (Lipinski definition) is 1. The van der Waals surface area contributed by atoms with Crippen LogP contribution >= 0.6 is 0 Å². The Bertz CT molecular complexity index is 650. The van der Waals surface area contributed by atoms with Crippen LogP contribution in [-0.4, -0.2) is 36.6 Å². The molecule has 1 rings (SSSR count). The third-order valence-corrected chi connectivity index (χ3v) is 3.17. The van der Waals surface area contributed by atoms with E-state index in [1.165, 1.54) is 0 Å². The fraction of sp³-hybridized carbons (Fsp3) is 0.500. The molecular formula is C18H23F2NO5. The van der Waals surface area contributed by atoms with Gasteiger partial charge in [0.1, 0.15) is 23.3 Å². The smallest absolute Gasteiger partial charge is 0.328 e. The highest BCUT2D eigenvalue weighted by Gasteiger charge is 2.24. The lowest BCUT2D eigenvalue weighted by molar-refractivity contribution is -0.155. The number of rotatable bonds is 7. The van der Waals surface area contributed by atoms with E-state index in [1.807, 2.05) is 0 Å². The van der Waals surface area contributed by atoms with Crippen molar-refractivity contribution < 1.29 is 32.6 Å². The molecule has 0 aromatic heterocycles. The molecule has 0 aliphatic heterocycles. The highest BCUT2D eigenvalue weighted by atomic mass is 19.1. The van der Waals surface area contributed by atoms with Gasteiger partial charge in [0.15, 0.2) is 0 Å². The lowest BCUT2D eigenvalue weighted by Gasteiger charge is -2.21. The van der Waals surface area contributed by atoms with Crippen LogP contribution in [0, 0.1) is 11.6 Å². The molecule has 26 heavy (non-hydrogen) atoms. The average molecular weight is 371 g/mol. The second-order valence-corrected chi connectivity index (χ2v) is 6.72. The van der Waals surface area contributed by atoms with Crippen LogP contribution < -0.4 is 5.32 Å². The molecule has 0 spiro atoms. The first kappa shape index (κ1) is 21.5. The summed E-state index contributed by atoms with van der Waals surface area (Å²) in [7, 11) is 1.15. The molecule has 0 aliphatic carbocycles. The highest BCUT2D eigenvalue weighted by molar-refractivity contribution is 5.86. The summed E-state index contributed by atoms with van der Waals surface area (Å²) in [6, 6.07) is 1.67. The Morgan fingerprint density at radius 3 is 2.19 bits per heavy atom. The van der Waals surface area contributed by atoms with Crippen LogP contribution in [-0.2, 0) is 30.3 Å². The van der Waals surface area contributed by atoms with Crippen molar-refractivity contribution >= 4 is 17.8 Å². The van der Waals surface area contributed by atoms with Gasteiger partial charge in [-0.05, 0) is 44.9 Å². The summed E-state index contributed by atoms with van der Waals surface area (Å²) >= 11 is 0. The number of ether oxygens (including phenoxy) is 2. The number of carbonyl (C=O) groups excluding carboxylic acids is 3. The lowest BCUT2D eigenvalue weighted by atomic mass is 10.1. The van der Waals surface area contributed by atoms with Gasteiger partial charge in [0.05, 0.1) is 13.5 Å². The summed E-state index contributed by atoms with van der Waals surface area (Å²) in [5.41, 5.74) is -0.543. The molecule has 0 bridgehead atoms. The van der Waals surface area contributed by atoms with Crippen molar-refractivity contribution in [2.24, 2.45) is 0 Å². The molecule has 1 aromatic rings. The molecule has 6 nitrogen and oxygen atoms in total. The zero-order valence-electron chi connectivity index (χ0n) is 15.2. The molecule has 0 aliphatic rings. The van der Waals surface area contributed by atoms with Crippen LogP contribution in [0.3, 0.4) is 0 Å². The summed E-state index contributed by atoms with van der Waals surface area (Å²) in [5.74, 6) is -3.49. The van der Waals surface area contributed by atoms with E-state index in [9.17, 15) is 23.2 Å². The maximum absolute atomic E-state index is 13.2. The fourth-order valence-corrected chi connectivity index (χ4v) is 2.19. The van der Waals surface area contributed by atoms with Gasteiger partial charge in [0.2, 0.25) is 5.91 Å². The van der Waals surface area contributed by atoms with Gasteiger partial charge >= 0.3 is 11.9 Å². The van der Waals surface area contributed by atoms with Gasteiger partial charge in [0.25, 0.3) is 0 Å². The molecule has 1 amide bonds. The Balaban J connectivity index is 2.67. The van der Waals surface area contributed by atoms with Crippen molar-refractivity contribution in [2.45, 2.75) is 51.7 Å². The molecule has 0 saturated heterocycles. The van der Waals surface area contributed by atoms with Crippen LogP contribution in [0.1, 0.15) is 39.2 Å². The van der Waals surface area contributed by atoms with Gasteiger partial charge in [-0.25, -0.2) is 13.6 Å². The molecule has 0 fully saturated rings. The molecule has 144 valence electrons. The Kier molecular flexibility index (Phi) is 7.67. The number of halogens is 2. The predicted octanol–water partition coefficient (Wildman–Crippen LogP) is 2.29. The first-order chi connectivity index (χ1) is 12.0. The van der Waals surface area contributed by atoms with E-state index in [0.29, 0.717) is 6.07 Å². The van der Waals surface area contributed by atoms with E-state index in [-0.39, 0.29) is 24.8 Å². The number of amides is 1. The minimum Gasteiger partial charge on any atom is -0.467 e.